The smallest absolute Gasteiger partial charge is 0.214 e. The zero-order valence-electron chi connectivity index (χ0n) is 9.90. The van der Waals surface area contributed by atoms with Gasteiger partial charge in [0.05, 0.1) is 5.25 Å². The maximum absolute atomic E-state index is 12.1. The summed E-state index contributed by atoms with van der Waals surface area (Å²) >= 11 is 1.60. The molecule has 1 aliphatic rings. The number of hydrogen-bond acceptors (Lipinski definition) is 4. The summed E-state index contributed by atoms with van der Waals surface area (Å²) in [6.07, 6.45) is 1.41. The molecule has 6 heteroatoms. The van der Waals surface area contributed by atoms with Crippen LogP contribution in [-0.2, 0) is 16.6 Å². The topological polar surface area (TPSA) is 58.2 Å². The Bertz CT molecular complexity index is 462. The maximum atomic E-state index is 12.1. The molecule has 0 aliphatic carbocycles. The van der Waals surface area contributed by atoms with Crippen molar-refractivity contribution in [3.05, 3.63) is 21.9 Å². The van der Waals surface area contributed by atoms with Gasteiger partial charge in [0.25, 0.3) is 0 Å². The molecule has 1 aliphatic heterocycles. The van der Waals surface area contributed by atoms with E-state index in [1.807, 2.05) is 18.4 Å². The van der Waals surface area contributed by atoms with Crippen molar-refractivity contribution in [1.82, 2.24) is 10.0 Å². The van der Waals surface area contributed by atoms with Gasteiger partial charge in [-0.2, -0.15) is 0 Å². The highest BCUT2D eigenvalue weighted by atomic mass is 32.2. The molecule has 0 saturated carbocycles. The lowest BCUT2D eigenvalue weighted by molar-refractivity contribution is 0.489. The lowest BCUT2D eigenvalue weighted by atomic mass is 10.2. The van der Waals surface area contributed by atoms with Gasteiger partial charge in [0.15, 0.2) is 0 Å². The van der Waals surface area contributed by atoms with Gasteiger partial charge in [0.1, 0.15) is 0 Å². The van der Waals surface area contributed by atoms with Gasteiger partial charge in [0, 0.05) is 11.4 Å². The van der Waals surface area contributed by atoms with Crippen molar-refractivity contribution < 1.29 is 8.42 Å². The van der Waals surface area contributed by atoms with Crippen molar-refractivity contribution in [2.24, 2.45) is 0 Å². The fourth-order valence-corrected chi connectivity index (χ4v) is 4.35. The minimum absolute atomic E-state index is 0.232. The molecule has 0 bridgehead atoms. The molecular formula is C11H18N2O2S2. The van der Waals surface area contributed by atoms with Crippen molar-refractivity contribution in [1.29, 1.82) is 0 Å². The molecule has 17 heavy (non-hydrogen) atoms. The van der Waals surface area contributed by atoms with Gasteiger partial charge in [-0.15, -0.1) is 11.3 Å². The van der Waals surface area contributed by atoms with Gasteiger partial charge in [-0.3, -0.25) is 0 Å². The van der Waals surface area contributed by atoms with Gasteiger partial charge in [-0.1, -0.05) is 0 Å². The highest BCUT2D eigenvalue weighted by Gasteiger charge is 2.26. The molecule has 1 aromatic heterocycles. The van der Waals surface area contributed by atoms with Crippen molar-refractivity contribution in [2.45, 2.75) is 31.6 Å². The summed E-state index contributed by atoms with van der Waals surface area (Å²) in [5, 5.41) is 4.93. The minimum Gasteiger partial charge on any atom is -0.317 e. The van der Waals surface area contributed by atoms with E-state index in [9.17, 15) is 8.42 Å². The predicted molar refractivity (Wildman–Crippen MR) is 70.7 cm³/mol. The molecule has 2 heterocycles. The van der Waals surface area contributed by atoms with Gasteiger partial charge in [-0.05, 0) is 49.9 Å². The summed E-state index contributed by atoms with van der Waals surface area (Å²) in [5.74, 6) is 0. The first kappa shape index (κ1) is 13.0. The van der Waals surface area contributed by atoms with Crippen molar-refractivity contribution in [2.75, 3.05) is 13.1 Å². The van der Waals surface area contributed by atoms with Gasteiger partial charge in [0.2, 0.25) is 10.0 Å². The summed E-state index contributed by atoms with van der Waals surface area (Å²) in [7, 11) is -3.16. The zero-order valence-corrected chi connectivity index (χ0v) is 11.5. The van der Waals surface area contributed by atoms with Crippen LogP contribution in [0.25, 0.3) is 0 Å². The molecule has 0 spiro atoms. The largest absolute Gasteiger partial charge is 0.317 e. The lowest BCUT2D eigenvalue weighted by Crippen LogP contribution is -2.41. The molecule has 2 rings (SSSR count). The average Bonchev–Trinajstić information content (AvgIpc) is 2.74. The van der Waals surface area contributed by atoms with Crippen molar-refractivity contribution in [3.63, 3.8) is 0 Å². The number of hydrogen-bond donors (Lipinski definition) is 2. The molecule has 0 atom stereocenters. The third-order valence-corrected chi connectivity index (χ3v) is 6.05. The van der Waals surface area contributed by atoms with Crippen LogP contribution in [0.2, 0.25) is 0 Å². The molecular weight excluding hydrogens is 256 g/mol. The summed E-state index contributed by atoms with van der Waals surface area (Å²) in [4.78, 5) is 1.10. The molecule has 1 saturated heterocycles. The zero-order chi connectivity index (χ0) is 12.3. The Morgan fingerprint density at radius 2 is 2.18 bits per heavy atom. The first-order valence-electron chi connectivity index (χ1n) is 5.82. The van der Waals surface area contributed by atoms with Crippen LogP contribution in [0, 0.1) is 6.92 Å². The first-order valence-corrected chi connectivity index (χ1v) is 8.24. The summed E-state index contributed by atoms with van der Waals surface area (Å²) < 4.78 is 26.8. The van der Waals surface area contributed by atoms with E-state index in [0.717, 1.165) is 23.5 Å². The van der Waals surface area contributed by atoms with Crippen LogP contribution in [0.5, 0.6) is 0 Å². The van der Waals surface area contributed by atoms with Gasteiger partial charge < -0.3 is 5.32 Å². The Morgan fingerprint density at radius 1 is 1.47 bits per heavy atom. The quantitative estimate of drug-likeness (QED) is 0.868. The normalized spacial score (nSPS) is 18.4. The monoisotopic (exact) mass is 274 g/mol. The van der Waals surface area contributed by atoms with E-state index >= 15 is 0 Å². The van der Waals surface area contributed by atoms with E-state index in [0.29, 0.717) is 19.4 Å². The Hall–Kier alpha value is -0.430. The average molecular weight is 274 g/mol. The Balaban J connectivity index is 1.95. The Labute approximate surface area is 106 Å². The summed E-state index contributed by atoms with van der Waals surface area (Å²) in [6, 6.07) is 2.01. The third-order valence-electron chi connectivity index (χ3n) is 3.13. The van der Waals surface area contributed by atoms with Crippen LogP contribution in [0.15, 0.2) is 11.4 Å². The Kier molecular flexibility index (Phi) is 4.19. The second kappa shape index (κ2) is 5.48. The summed E-state index contributed by atoms with van der Waals surface area (Å²) in [5.41, 5.74) is 1.16. The number of nitrogens with one attached hydrogen (secondary N) is 2. The number of thiophene rings is 1. The van der Waals surface area contributed by atoms with Gasteiger partial charge >= 0.3 is 0 Å². The molecule has 0 amide bonds. The van der Waals surface area contributed by atoms with E-state index in [-0.39, 0.29) is 5.25 Å². The van der Waals surface area contributed by atoms with E-state index in [1.165, 1.54) is 0 Å². The molecule has 2 N–H and O–H groups in total. The second-order valence-electron chi connectivity index (χ2n) is 4.34. The number of aryl methyl sites for hydroxylation is 1. The molecule has 0 unspecified atom stereocenters. The minimum atomic E-state index is -3.16. The molecule has 0 radical (unpaired) electrons. The van der Waals surface area contributed by atoms with Crippen LogP contribution in [0.1, 0.15) is 23.3 Å². The highest BCUT2D eigenvalue weighted by Crippen LogP contribution is 2.17. The van der Waals surface area contributed by atoms with E-state index in [4.69, 9.17) is 0 Å². The van der Waals surface area contributed by atoms with E-state index in [1.54, 1.807) is 11.3 Å². The van der Waals surface area contributed by atoms with Crippen molar-refractivity contribution >= 4 is 21.4 Å². The SMILES string of the molecule is Cc1ccsc1CNS(=O)(=O)C1CCNCC1. The van der Waals surface area contributed by atoms with Crippen LogP contribution in [-0.4, -0.2) is 26.8 Å². The molecule has 0 aromatic carbocycles. The third kappa shape index (κ3) is 3.28. The van der Waals surface area contributed by atoms with Crippen molar-refractivity contribution in [3.8, 4) is 0 Å². The molecule has 4 nitrogen and oxygen atoms in total. The van der Waals surface area contributed by atoms with Crippen LogP contribution < -0.4 is 10.0 Å². The Morgan fingerprint density at radius 3 is 2.76 bits per heavy atom. The summed E-state index contributed by atoms with van der Waals surface area (Å²) in [6.45, 7) is 4.02. The standard InChI is InChI=1S/C11H18N2O2S2/c1-9-4-7-16-11(9)8-13-17(14,15)10-2-5-12-6-3-10/h4,7,10,12-13H,2-3,5-6,8H2,1H3. The first-order chi connectivity index (χ1) is 8.09. The van der Waals surface area contributed by atoms with Crippen LogP contribution >= 0.6 is 11.3 Å². The number of sulfonamides is 1. The fourth-order valence-electron chi connectivity index (χ4n) is 1.97. The highest BCUT2D eigenvalue weighted by molar-refractivity contribution is 7.90. The van der Waals surface area contributed by atoms with Crippen LogP contribution in [0.4, 0.5) is 0 Å². The maximum Gasteiger partial charge on any atom is 0.214 e. The number of piperidine rings is 1. The second-order valence-corrected chi connectivity index (χ2v) is 7.39. The lowest BCUT2D eigenvalue weighted by Gasteiger charge is -2.22. The number of rotatable bonds is 4. The fraction of sp³-hybridized carbons (Fsp3) is 0.636. The molecule has 1 aromatic rings. The van der Waals surface area contributed by atoms with E-state index < -0.39 is 10.0 Å². The predicted octanol–water partition coefficient (Wildman–Crippen LogP) is 1.23. The van der Waals surface area contributed by atoms with E-state index in [2.05, 4.69) is 10.0 Å². The van der Waals surface area contributed by atoms with Gasteiger partial charge in [-0.25, -0.2) is 13.1 Å². The van der Waals surface area contributed by atoms with Crippen LogP contribution in [0.3, 0.4) is 0 Å². The molecule has 1 fully saturated rings. The molecule has 96 valence electrons.